The van der Waals surface area contributed by atoms with Crippen LogP contribution in [0.5, 0.6) is 0 Å². The molecule has 5 heteroatoms. The average molecular weight is 324 g/mol. The van der Waals surface area contributed by atoms with Crippen LogP contribution in [-0.4, -0.2) is 32.1 Å². The molecule has 124 valence electrons. The molecule has 0 saturated heterocycles. The molecule has 1 heterocycles. The van der Waals surface area contributed by atoms with Gasteiger partial charge in [0.25, 0.3) is 0 Å². The number of nitrogens with zero attached hydrogens (tertiary/aromatic N) is 1. The van der Waals surface area contributed by atoms with E-state index in [1.807, 2.05) is 30.0 Å². The summed E-state index contributed by atoms with van der Waals surface area (Å²) in [6.45, 7) is 2.83. The van der Waals surface area contributed by atoms with Crippen molar-refractivity contribution in [2.24, 2.45) is 0 Å². The maximum Gasteiger partial charge on any atom is 0.337 e. The lowest BCUT2D eigenvalue weighted by Gasteiger charge is -2.18. The summed E-state index contributed by atoms with van der Waals surface area (Å²) < 4.78 is 4.71. The molecule has 0 fully saturated rings. The molecule has 0 spiro atoms. The summed E-state index contributed by atoms with van der Waals surface area (Å²) in [7, 11) is 1.36. The van der Waals surface area contributed by atoms with Crippen LogP contribution >= 0.6 is 0 Å². The quantitative estimate of drug-likeness (QED) is 0.879. The van der Waals surface area contributed by atoms with Gasteiger partial charge in [-0.25, -0.2) is 4.79 Å². The lowest BCUT2D eigenvalue weighted by Crippen LogP contribution is -2.34. The van der Waals surface area contributed by atoms with E-state index in [-0.39, 0.29) is 18.4 Å². The van der Waals surface area contributed by atoms with Crippen LogP contribution in [0.15, 0.2) is 42.5 Å². The first-order valence-corrected chi connectivity index (χ1v) is 7.91. The van der Waals surface area contributed by atoms with Crippen molar-refractivity contribution >= 4 is 23.3 Å². The summed E-state index contributed by atoms with van der Waals surface area (Å²) in [6.07, 6.45) is 0.898. The zero-order valence-electron chi connectivity index (χ0n) is 13.8. The van der Waals surface area contributed by atoms with Crippen molar-refractivity contribution in [3.05, 3.63) is 59.2 Å². The van der Waals surface area contributed by atoms with Gasteiger partial charge in [-0.3, -0.25) is 4.79 Å². The van der Waals surface area contributed by atoms with Crippen molar-refractivity contribution in [1.29, 1.82) is 0 Å². The molecule has 0 aliphatic carbocycles. The summed E-state index contributed by atoms with van der Waals surface area (Å²) in [6, 6.07) is 13.2. The third-order valence-corrected chi connectivity index (χ3v) is 4.27. The Balaban J connectivity index is 1.66. The number of esters is 1. The highest BCUT2D eigenvalue weighted by Gasteiger charge is 2.23. The highest BCUT2D eigenvalue weighted by atomic mass is 16.5. The molecule has 3 rings (SSSR count). The van der Waals surface area contributed by atoms with E-state index in [2.05, 4.69) is 11.4 Å². The second-order valence-electron chi connectivity index (χ2n) is 5.80. The smallest absolute Gasteiger partial charge is 0.337 e. The van der Waals surface area contributed by atoms with Gasteiger partial charge in [-0.05, 0) is 48.7 Å². The molecule has 2 aromatic rings. The van der Waals surface area contributed by atoms with E-state index in [9.17, 15) is 9.59 Å². The largest absolute Gasteiger partial charge is 0.465 e. The van der Waals surface area contributed by atoms with Crippen LogP contribution in [0.1, 0.15) is 21.5 Å². The molecular weight excluding hydrogens is 304 g/mol. The normalized spacial score (nSPS) is 12.7. The third kappa shape index (κ3) is 3.11. The highest BCUT2D eigenvalue weighted by Crippen LogP contribution is 2.27. The minimum Gasteiger partial charge on any atom is -0.465 e. The second kappa shape index (κ2) is 6.74. The third-order valence-electron chi connectivity index (χ3n) is 4.27. The van der Waals surface area contributed by atoms with Crippen molar-refractivity contribution in [2.75, 3.05) is 30.4 Å². The Hall–Kier alpha value is -2.82. The summed E-state index contributed by atoms with van der Waals surface area (Å²) in [5.74, 6) is -0.328. The Morgan fingerprint density at radius 2 is 2.00 bits per heavy atom. The van der Waals surface area contributed by atoms with Crippen molar-refractivity contribution in [3.63, 3.8) is 0 Å². The number of amides is 1. The fourth-order valence-corrected chi connectivity index (χ4v) is 2.97. The number of benzene rings is 2. The monoisotopic (exact) mass is 324 g/mol. The molecule has 0 bridgehead atoms. The predicted octanol–water partition coefficient (Wildman–Crippen LogP) is 2.78. The summed E-state index contributed by atoms with van der Waals surface area (Å²) >= 11 is 0. The van der Waals surface area contributed by atoms with E-state index in [0.717, 1.165) is 29.9 Å². The van der Waals surface area contributed by atoms with E-state index in [0.29, 0.717) is 5.56 Å². The van der Waals surface area contributed by atoms with Crippen LogP contribution in [-0.2, 0) is 16.0 Å². The minimum atomic E-state index is -0.366. The van der Waals surface area contributed by atoms with Gasteiger partial charge in [0.1, 0.15) is 0 Å². The van der Waals surface area contributed by atoms with Crippen LogP contribution in [0.3, 0.4) is 0 Å². The van der Waals surface area contributed by atoms with Crippen LogP contribution in [0.25, 0.3) is 0 Å². The van der Waals surface area contributed by atoms with Gasteiger partial charge in [0.15, 0.2) is 0 Å². The zero-order chi connectivity index (χ0) is 17.1. The van der Waals surface area contributed by atoms with E-state index < -0.39 is 0 Å². The van der Waals surface area contributed by atoms with Gasteiger partial charge >= 0.3 is 5.97 Å². The van der Waals surface area contributed by atoms with Crippen molar-refractivity contribution < 1.29 is 14.3 Å². The molecule has 0 atom stereocenters. The standard InChI is InChI=1S/C19H20N2O3/c1-13-11-15(19(23)24-2)7-8-16(13)20-12-18(22)21-10-9-14-5-3-4-6-17(14)21/h3-8,11,20H,9-10,12H2,1-2H3. The first-order chi connectivity index (χ1) is 11.6. The molecule has 0 aromatic heterocycles. The molecule has 0 saturated carbocycles. The molecule has 0 unspecified atom stereocenters. The maximum atomic E-state index is 12.5. The number of anilines is 2. The molecular formula is C19H20N2O3. The van der Waals surface area contributed by atoms with Gasteiger partial charge in [0.2, 0.25) is 5.91 Å². The Labute approximate surface area is 141 Å². The van der Waals surface area contributed by atoms with Gasteiger partial charge in [0.05, 0.1) is 19.2 Å². The first kappa shape index (κ1) is 16.1. The lowest BCUT2D eigenvalue weighted by atomic mass is 10.1. The Kier molecular flexibility index (Phi) is 4.51. The van der Waals surface area contributed by atoms with Crippen LogP contribution in [0.2, 0.25) is 0 Å². The average Bonchev–Trinajstić information content (AvgIpc) is 3.03. The number of nitrogens with one attached hydrogen (secondary N) is 1. The maximum absolute atomic E-state index is 12.5. The zero-order valence-corrected chi connectivity index (χ0v) is 13.8. The summed E-state index contributed by atoms with van der Waals surface area (Å²) in [4.78, 5) is 25.9. The number of fused-ring (bicyclic) bond motifs is 1. The summed E-state index contributed by atoms with van der Waals surface area (Å²) in [5, 5.41) is 3.16. The van der Waals surface area contributed by atoms with E-state index in [4.69, 9.17) is 4.74 Å². The number of hydrogen-bond donors (Lipinski definition) is 1. The van der Waals surface area contributed by atoms with E-state index >= 15 is 0 Å². The Morgan fingerprint density at radius 1 is 1.21 bits per heavy atom. The second-order valence-corrected chi connectivity index (χ2v) is 5.80. The number of carbonyl (C=O) groups excluding carboxylic acids is 2. The fraction of sp³-hybridized carbons (Fsp3) is 0.263. The van der Waals surface area contributed by atoms with Gasteiger partial charge in [0, 0.05) is 17.9 Å². The van der Waals surface area contributed by atoms with Crippen LogP contribution in [0, 0.1) is 6.92 Å². The molecule has 2 aromatic carbocycles. The summed E-state index contributed by atoms with van der Waals surface area (Å²) in [5.41, 5.74) is 4.45. The van der Waals surface area contributed by atoms with Gasteiger partial charge < -0.3 is 15.0 Å². The van der Waals surface area contributed by atoms with E-state index in [1.54, 1.807) is 18.2 Å². The lowest BCUT2D eigenvalue weighted by molar-refractivity contribution is -0.116. The highest BCUT2D eigenvalue weighted by molar-refractivity contribution is 5.98. The van der Waals surface area contributed by atoms with Crippen LogP contribution in [0.4, 0.5) is 11.4 Å². The molecule has 5 nitrogen and oxygen atoms in total. The Bertz CT molecular complexity index is 786. The number of rotatable bonds is 4. The molecule has 1 aliphatic rings. The Morgan fingerprint density at radius 3 is 2.75 bits per heavy atom. The van der Waals surface area contributed by atoms with Gasteiger partial charge in [-0.2, -0.15) is 0 Å². The molecule has 1 aliphatic heterocycles. The topological polar surface area (TPSA) is 58.6 Å². The minimum absolute atomic E-state index is 0.0383. The SMILES string of the molecule is COC(=O)c1ccc(NCC(=O)N2CCc3ccccc32)c(C)c1. The van der Waals surface area contributed by atoms with Crippen molar-refractivity contribution in [1.82, 2.24) is 0 Å². The molecule has 1 N–H and O–H groups in total. The first-order valence-electron chi connectivity index (χ1n) is 7.91. The number of carbonyl (C=O) groups is 2. The van der Waals surface area contributed by atoms with Crippen molar-refractivity contribution in [2.45, 2.75) is 13.3 Å². The predicted molar refractivity (Wildman–Crippen MR) is 93.5 cm³/mol. The number of para-hydroxylation sites is 1. The number of aryl methyl sites for hydroxylation is 1. The van der Waals surface area contributed by atoms with Crippen molar-refractivity contribution in [3.8, 4) is 0 Å². The van der Waals surface area contributed by atoms with E-state index in [1.165, 1.54) is 12.7 Å². The van der Waals surface area contributed by atoms with Gasteiger partial charge in [-0.1, -0.05) is 18.2 Å². The number of methoxy groups -OCH3 is 1. The molecule has 1 amide bonds. The van der Waals surface area contributed by atoms with Crippen LogP contribution < -0.4 is 10.2 Å². The number of hydrogen-bond acceptors (Lipinski definition) is 4. The van der Waals surface area contributed by atoms with Gasteiger partial charge in [-0.15, -0.1) is 0 Å². The molecule has 0 radical (unpaired) electrons. The fourth-order valence-electron chi connectivity index (χ4n) is 2.97. The number of ether oxygens (including phenoxy) is 1. The molecule has 24 heavy (non-hydrogen) atoms.